The number of carbonyl (C=O) groups excluding carboxylic acids is 1. The second-order valence-corrected chi connectivity index (χ2v) is 7.45. The summed E-state index contributed by atoms with van der Waals surface area (Å²) in [6, 6.07) is 1.72. The van der Waals surface area contributed by atoms with E-state index in [1.807, 2.05) is 0 Å². The molecule has 0 atom stereocenters. The molecule has 1 aliphatic heterocycles. The smallest absolute Gasteiger partial charge is 0.255 e. The Morgan fingerprint density at radius 3 is 2.61 bits per heavy atom. The fourth-order valence-corrected chi connectivity index (χ4v) is 3.34. The zero-order chi connectivity index (χ0) is 13.3. The minimum absolute atomic E-state index is 0.0409. The molecule has 2 heterocycles. The van der Waals surface area contributed by atoms with Gasteiger partial charge in [-0.1, -0.05) is 0 Å². The average Bonchev–Trinajstić information content (AvgIpc) is 2.31. The molecule has 1 amide bonds. The van der Waals surface area contributed by atoms with Crippen molar-refractivity contribution in [3.05, 3.63) is 28.0 Å². The van der Waals surface area contributed by atoms with Gasteiger partial charge in [0.1, 0.15) is 0 Å². The number of amides is 1. The highest BCUT2D eigenvalue weighted by Gasteiger charge is 2.26. The summed E-state index contributed by atoms with van der Waals surface area (Å²) in [5, 5.41) is 0. The summed E-state index contributed by atoms with van der Waals surface area (Å²) >= 11 is 3.28. The molecule has 0 N–H and O–H groups in total. The Morgan fingerprint density at radius 1 is 1.39 bits per heavy atom. The summed E-state index contributed by atoms with van der Waals surface area (Å²) in [4.78, 5) is 17.9. The van der Waals surface area contributed by atoms with Gasteiger partial charge in [-0.05, 0) is 28.9 Å². The van der Waals surface area contributed by atoms with Crippen molar-refractivity contribution in [3.8, 4) is 0 Å². The van der Waals surface area contributed by atoms with Crippen LogP contribution in [0, 0.1) is 6.92 Å². The Bertz CT molecular complexity index is 572. The van der Waals surface area contributed by atoms with Crippen LogP contribution in [-0.4, -0.2) is 48.8 Å². The Balaban J connectivity index is 2.20. The van der Waals surface area contributed by atoms with Gasteiger partial charge in [-0.15, -0.1) is 0 Å². The van der Waals surface area contributed by atoms with Gasteiger partial charge in [0, 0.05) is 23.8 Å². The van der Waals surface area contributed by atoms with Gasteiger partial charge in [-0.3, -0.25) is 9.78 Å². The lowest BCUT2D eigenvalue weighted by atomic mass is 10.2. The molecule has 1 fully saturated rings. The molecule has 5 nitrogen and oxygen atoms in total. The number of pyridine rings is 1. The monoisotopic (exact) mass is 332 g/mol. The van der Waals surface area contributed by atoms with Crippen LogP contribution in [0.25, 0.3) is 0 Å². The molecule has 0 bridgehead atoms. The van der Waals surface area contributed by atoms with Crippen molar-refractivity contribution in [1.29, 1.82) is 0 Å². The molecule has 2 rings (SSSR count). The van der Waals surface area contributed by atoms with Crippen molar-refractivity contribution in [2.75, 3.05) is 24.6 Å². The number of aromatic nitrogens is 1. The highest BCUT2D eigenvalue weighted by molar-refractivity contribution is 9.10. The first-order valence-corrected chi connectivity index (χ1v) is 8.12. The van der Waals surface area contributed by atoms with Gasteiger partial charge in [-0.25, -0.2) is 8.42 Å². The molecule has 0 unspecified atom stereocenters. The Kier molecular flexibility index (Phi) is 3.72. The maximum absolute atomic E-state index is 12.3. The van der Waals surface area contributed by atoms with E-state index in [1.54, 1.807) is 24.1 Å². The molecule has 1 aromatic rings. The zero-order valence-electron chi connectivity index (χ0n) is 9.89. The lowest BCUT2D eigenvalue weighted by Gasteiger charge is -2.27. The number of aryl methyl sites for hydroxylation is 1. The lowest BCUT2D eigenvalue weighted by Crippen LogP contribution is -2.44. The molecule has 1 aliphatic rings. The second-order valence-electron chi connectivity index (χ2n) is 4.23. The maximum Gasteiger partial charge on any atom is 0.255 e. The van der Waals surface area contributed by atoms with Crippen LogP contribution in [0.5, 0.6) is 0 Å². The van der Waals surface area contributed by atoms with E-state index in [1.165, 1.54) is 0 Å². The number of rotatable bonds is 1. The minimum Gasteiger partial charge on any atom is -0.337 e. The molecule has 98 valence electrons. The number of carbonyl (C=O) groups is 1. The standard InChI is InChI=1S/C11H13BrN2O3S/c1-8-10(6-9(12)7-13-8)11(15)14-2-4-18(16,17)5-3-14/h6-7H,2-5H2,1H3. The largest absolute Gasteiger partial charge is 0.337 e. The van der Waals surface area contributed by atoms with E-state index in [4.69, 9.17) is 0 Å². The van der Waals surface area contributed by atoms with Crippen LogP contribution in [0.15, 0.2) is 16.7 Å². The zero-order valence-corrected chi connectivity index (χ0v) is 12.3. The van der Waals surface area contributed by atoms with Gasteiger partial charge in [0.2, 0.25) is 0 Å². The van der Waals surface area contributed by atoms with Crippen LogP contribution < -0.4 is 0 Å². The summed E-state index contributed by atoms with van der Waals surface area (Å²) in [6.07, 6.45) is 1.63. The molecule has 1 saturated heterocycles. The van der Waals surface area contributed by atoms with Crippen molar-refractivity contribution < 1.29 is 13.2 Å². The predicted molar refractivity (Wildman–Crippen MR) is 71.2 cm³/mol. The van der Waals surface area contributed by atoms with E-state index in [9.17, 15) is 13.2 Å². The van der Waals surface area contributed by atoms with Crippen LogP contribution in [0.1, 0.15) is 16.1 Å². The first-order chi connectivity index (χ1) is 8.39. The molecule has 1 aromatic heterocycles. The molecule has 0 aliphatic carbocycles. The van der Waals surface area contributed by atoms with Crippen molar-refractivity contribution in [2.45, 2.75) is 6.92 Å². The molecule has 7 heteroatoms. The van der Waals surface area contributed by atoms with Gasteiger partial charge in [0.25, 0.3) is 5.91 Å². The third-order valence-corrected chi connectivity index (χ3v) is 4.96. The number of hydrogen-bond acceptors (Lipinski definition) is 4. The Hall–Kier alpha value is -0.950. The maximum atomic E-state index is 12.3. The van der Waals surface area contributed by atoms with Crippen LogP contribution in [0.2, 0.25) is 0 Å². The quantitative estimate of drug-likeness (QED) is 0.770. The minimum atomic E-state index is -2.97. The van der Waals surface area contributed by atoms with E-state index in [-0.39, 0.29) is 30.5 Å². The molecule has 0 saturated carbocycles. The summed E-state index contributed by atoms with van der Waals surface area (Å²) in [7, 11) is -2.97. The van der Waals surface area contributed by atoms with Crippen molar-refractivity contribution in [3.63, 3.8) is 0 Å². The van der Waals surface area contributed by atoms with E-state index in [2.05, 4.69) is 20.9 Å². The second kappa shape index (κ2) is 4.97. The normalized spacial score (nSPS) is 18.7. The third-order valence-electron chi connectivity index (χ3n) is 2.92. The Labute approximate surface area is 114 Å². The molecular formula is C11H13BrN2O3S. The summed E-state index contributed by atoms with van der Waals surface area (Å²) < 4.78 is 23.4. The lowest BCUT2D eigenvalue weighted by molar-refractivity contribution is 0.0769. The summed E-state index contributed by atoms with van der Waals surface area (Å²) in [6.45, 7) is 2.28. The summed E-state index contributed by atoms with van der Waals surface area (Å²) in [5.74, 6) is -0.0745. The highest BCUT2D eigenvalue weighted by atomic mass is 79.9. The molecular weight excluding hydrogens is 320 g/mol. The Morgan fingerprint density at radius 2 is 2.00 bits per heavy atom. The summed E-state index contributed by atoms with van der Waals surface area (Å²) in [5.41, 5.74) is 1.17. The third kappa shape index (κ3) is 2.89. The van der Waals surface area contributed by atoms with Gasteiger partial charge < -0.3 is 4.90 Å². The van der Waals surface area contributed by atoms with E-state index in [0.29, 0.717) is 11.3 Å². The predicted octanol–water partition coefficient (Wildman–Crippen LogP) is 1.02. The number of halogens is 1. The molecule has 0 spiro atoms. The van der Waals surface area contributed by atoms with Gasteiger partial charge in [0.05, 0.1) is 22.8 Å². The highest BCUT2D eigenvalue weighted by Crippen LogP contribution is 2.16. The van der Waals surface area contributed by atoms with Crippen molar-refractivity contribution >= 4 is 31.7 Å². The average molecular weight is 333 g/mol. The van der Waals surface area contributed by atoms with Gasteiger partial charge >= 0.3 is 0 Å². The topological polar surface area (TPSA) is 67.3 Å². The molecule has 0 radical (unpaired) electrons. The molecule has 0 aromatic carbocycles. The van der Waals surface area contributed by atoms with E-state index >= 15 is 0 Å². The fraction of sp³-hybridized carbons (Fsp3) is 0.455. The van der Waals surface area contributed by atoms with E-state index < -0.39 is 9.84 Å². The van der Waals surface area contributed by atoms with Crippen molar-refractivity contribution in [2.24, 2.45) is 0 Å². The van der Waals surface area contributed by atoms with Crippen LogP contribution >= 0.6 is 15.9 Å². The van der Waals surface area contributed by atoms with Crippen molar-refractivity contribution in [1.82, 2.24) is 9.88 Å². The van der Waals surface area contributed by atoms with Crippen LogP contribution in [-0.2, 0) is 9.84 Å². The van der Waals surface area contributed by atoms with Gasteiger partial charge in [-0.2, -0.15) is 0 Å². The first kappa shape index (κ1) is 13.5. The van der Waals surface area contributed by atoms with E-state index in [0.717, 1.165) is 4.47 Å². The van der Waals surface area contributed by atoms with Gasteiger partial charge in [0.15, 0.2) is 9.84 Å². The number of hydrogen-bond donors (Lipinski definition) is 0. The molecule has 18 heavy (non-hydrogen) atoms. The fourth-order valence-electron chi connectivity index (χ4n) is 1.81. The number of sulfone groups is 1. The van der Waals surface area contributed by atoms with Crippen LogP contribution in [0.3, 0.4) is 0 Å². The number of nitrogens with zero attached hydrogens (tertiary/aromatic N) is 2. The van der Waals surface area contributed by atoms with Crippen LogP contribution in [0.4, 0.5) is 0 Å². The first-order valence-electron chi connectivity index (χ1n) is 5.51. The SMILES string of the molecule is Cc1ncc(Br)cc1C(=O)N1CCS(=O)(=O)CC1.